The van der Waals surface area contributed by atoms with Gasteiger partial charge in [-0.3, -0.25) is 4.79 Å². The molecule has 4 rings (SSSR count). The van der Waals surface area contributed by atoms with Crippen LogP contribution in [0.25, 0.3) is 11.0 Å². The smallest absolute Gasteiger partial charge is 0.245 e. The predicted molar refractivity (Wildman–Crippen MR) is 115 cm³/mol. The Morgan fingerprint density at radius 1 is 1.20 bits per heavy atom. The van der Waals surface area contributed by atoms with Gasteiger partial charge in [-0.05, 0) is 49.6 Å². The number of aromatic nitrogens is 2. The molecule has 3 aromatic rings. The van der Waals surface area contributed by atoms with Crippen molar-refractivity contribution in [2.45, 2.75) is 24.7 Å². The van der Waals surface area contributed by atoms with E-state index in [0.717, 1.165) is 17.3 Å². The minimum Gasteiger partial charge on any atom is -0.495 e. The Morgan fingerprint density at radius 3 is 2.70 bits per heavy atom. The molecule has 0 radical (unpaired) electrons. The lowest BCUT2D eigenvalue weighted by molar-refractivity contribution is -0.120. The van der Waals surface area contributed by atoms with E-state index in [1.807, 2.05) is 25.1 Å². The van der Waals surface area contributed by atoms with Gasteiger partial charge in [0.2, 0.25) is 15.9 Å². The molecule has 30 heavy (non-hydrogen) atoms. The number of carbonyl (C=O) groups is 1. The van der Waals surface area contributed by atoms with E-state index < -0.39 is 10.0 Å². The van der Waals surface area contributed by atoms with Gasteiger partial charge in [-0.2, -0.15) is 13.1 Å². The monoisotopic (exact) mass is 446 g/mol. The number of anilines is 1. The average Bonchev–Trinajstić information content (AvgIpc) is 3.23. The Morgan fingerprint density at radius 2 is 1.97 bits per heavy atom. The number of piperidine rings is 1. The molecule has 10 heteroatoms. The molecule has 0 unspecified atom stereocenters. The second kappa shape index (κ2) is 8.29. The average molecular weight is 447 g/mol. The zero-order valence-corrected chi connectivity index (χ0v) is 18.3. The van der Waals surface area contributed by atoms with Crippen LogP contribution in [-0.2, 0) is 14.8 Å². The largest absolute Gasteiger partial charge is 0.495 e. The Kier molecular flexibility index (Phi) is 5.72. The first-order valence-electron chi connectivity index (χ1n) is 9.57. The number of aryl methyl sites for hydroxylation is 1. The van der Waals surface area contributed by atoms with Crippen LogP contribution in [0.2, 0.25) is 0 Å². The summed E-state index contributed by atoms with van der Waals surface area (Å²) in [7, 11) is -2.14. The molecule has 1 aliphatic heterocycles. The number of hydrogen-bond donors (Lipinski definition) is 1. The summed E-state index contributed by atoms with van der Waals surface area (Å²) in [5.41, 5.74) is 2.61. The molecule has 1 aliphatic rings. The molecule has 1 aromatic heterocycles. The second-order valence-electron chi connectivity index (χ2n) is 7.26. The lowest BCUT2D eigenvalue weighted by Crippen LogP contribution is -2.41. The van der Waals surface area contributed by atoms with Crippen molar-refractivity contribution >= 4 is 44.4 Å². The van der Waals surface area contributed by atoms with Gasteiger partial charge < -0.3 is 10.1 Å². The van der Waals surface area contributed by atoms with Crippen LogP contribution in [0.3, 0.4) is 0 Å². The van der Waals surface area contributed by atoms with E-state index in [0.29, 0.717) is 35.3 Å². The van der Waals surface area contributed by atoms with Crippen molar-refractivity contribution in [1.82, 2.24) is 13.1 Å². The van der Waals surface area contributed by atoms with E-state index in [-0.39, 0.29) is 29.8 Å². The van der Waals surface area contributed by atoms with Gasteiger partial charge in [-0.25, -0.2) is 8.42 Å². The molecule has 1 fully saturated rings. The fourth-order valence-electron chi connectivity index (χ4n) is 3.64. The van der Waals surface area contributed by atoms with Gasteiger partial charge in [-0.1, -0.05) is 12.1 Å². The lowest BCUT2D eigenvalue weighted by atomic mass is 9.97. The zero-order chi connectivity index (χ0) is 21.3. The quantitative estimate of drug-likeness (QED) is 0.646. The third-order valence-corrected chi connectivity index (χ3v) is 7.78. The second-order valence-corrected chi connectivity index (χ2v) is 9.69. The number of hydrogen-bond acceptors (Lipinski definition) is 7. The summed E-state index contributed by atoms with van der Waals surface area (Å²) in [6.07, 6.45) is 0.898. The Hall–Kier alpha value is -2.56. The van der Waals surface area contributed by atoms with Crippen molar-refractivity contribution in [3.8, 4) is 5.75 Å². The molecular weight excluding hydrogens is 424 g/mol. The Labute approximate surface area is 179 Å². The number of fused-ring (bicyclic) bond motifs is 1. The molecule has 8 nitrogen and oxygen atoms in total. The summed E-state index contributed by atoms with van der Waals surface area (Å²) < 4.78 is 41.3. The van der Waals surface area contributed by atoms with E-state index in [1.54, 1.807) is 25.3 Å². The highest BCUT2D eigenvalue weighted by molar-refractivity contribution is 7.89. The number of carbonyl (C=O) groups excluding carboxylic acids is 1. The first-order chi connectivity index (χ1) is 14.4. The van der Waals surface area contributed by atoms with E-state index in [2.05, 4.69) is 14.1 Å². The fraction of sp³-hybridized carbons (Fsp3) is 0.350. The molecule has 0 bridgehead atoms. The van der Waals surface area contributed by atoms with Crippen molar-refractivity contribution in [2.24, 2.45) is 5.92 Å². The van der Waals surface area contributed by atoms with Crippen molar-refractivity contribution in [2.75, 3.05) is 25.5 Å². The standard InChI is InChI=1S/C20H22N4O4S2/c1-13-6-7-17(28-2)16(12-13)21-20(25)14-8-10-24(11-9-14)30(26,27)18-5-3-4-15-19(18)23-29-22-15/h3-7,12,14H,8-11H2,1-2H3,(H,21,25). The van der Waals surface area contributed by atoms with Crippen LogP contribution in [0.4, 0.5) is 5.69 Å². The Balaban J connectivity index is 1.45. The van der Waals surface area contributed by atoms with E-state index in [9.17, 15) is 13.2 Å². The number of sulfonamides is 1. The van der Waals surface area contributed by atoms with Crippen molar-refractivity contribution < 1.29 is 17.9 Å². The molecule has 0 aliphatic carbocycles. The number of benzene rings is 2. The maximum Gasteiger partial charge on any atom is 0.245 e. The topological polar surface area (TPSA) is 101 Å². The third kappa shape index (κ3) is 3.90. The first-order valence-corrected chi connectivity index (χ1v) is 11.7. The van der Waals surface area contributed by atoms with Crippen LogP contribution in [0.5, 0.6) is 5.75 Å². The van der Waals surface area contributed by atoms with Gasteiger partial charge in [0.1, 0.15) is 21.7 Å². The van der Waals surface area contributed by atoms with E-state index in [4.69, 9.17) is 4.74 Å². The number of ether oxygens (including phenoxy) is 1. The highest BCUT2D eigenvalue weighted by atomic mass is 32.2. The molecule has 0 spiro atoms. The molecule has 0 saturated carbocycles. The van der Waals surface area contributed by atoms with Crippen LogP contribution < -0.4 is 10.1 Å². The van der Waals surface area contributed by atoms with Crippen LogP contribution >= 0.6 is 11.7 Å². The van der Waals surface area contributed by atoms with Crippen LogP contribution in [0, 0.1) is 12.8 Å². The normalized spacial score (nSPS) is 15.9. The summed E-state index contributed by atoms with van der Waals surface area (Å²) in [5, 5.41) is 2.93. The molecule has 2 aromatic carbocycles. The van der Waals surface area contributed by atoms with Crippen LogP contribution in [-0.4, -0.2) is 47.6 Å². The summed E-state index contributed by atoms with van der Waals surface area (Å²) in [5.74, 6) is 0.207. The number of amides is 1. The molecule has 2 heterocycles. The SMILES string of the molecule is COc1ccc(C)cc1NC(=O)C1CCN(S(=O)(=O)c2cccc3nsnc23)CC1. The molecule has 0 atom stereocenters. The number of methoxy groups -OCH3 is 1. The van der Waals surface area contributed by atoms with E-state index >= 15 is 0 Å². The maximum absolute atomic E-state index is 13.1. The Bertz CT molecular complexity index is 1180. The highest BCUT2D eigenvalue weighted by Crippen LogP contribution is 2.30. The molecule has 158 valence electrons. The van der Waals surface area contributed by atoms with Crippen molar-refractivity contribution in [3.05, 3.63) is 42.0 Å². The molecule has 1 N–H and O–H groups in total. The number of nitrogens with one attached hydrogen (secondary N) is 1. The first kappa shape index (κ1) is 20.7. The number of nitrogens with zero attached hydrogens (tertiary/aromatic N) is 3. The van der Waals surface area contributed by atoms with Gasteiger partial charge >= 0.3 is 0 Å². The summed E-state index contributed by atoms with van der Waals surface area (Å²) in [6, 6.07) is 10.6. The van der Waals surface area contributed by atoms with Gasteiger partial charge in [0.05, 0.1) is 24.5 Å². The van der Waals surface area contributed by atoms with Crippen LogP contribution in [0.1, 0.15) is 18.4 Å². The minimum atomic E-state index is -3.70. The van der Waals surface area contributed by atoms with Crippen LogP contribution in [0.15, 0.2) is 41.3 Å². The number of rotatable bonds is 5. The predicted octanol–water partition coefficient (Wildman–Crippen LogP) is 3.05. The highest BCUT2D eigenvalue weighted by Gasteiger charge is 2.33. The zero-order valence-electron chi connectivity index (χ0n) is 16.7. The van der Waals surface area contributed by atoms with Crippen molar-refractivity contribution in [3.63, 3.8) is 0 Å². The maximum atomic E-state index is 13.1. The van der Waals surface area contributed by atoms with Gasteiger partial charge in [0.15, 0.2) is 0 Å². The summed E-state index contributed by atoms with van der Waals surface area (Å²) >= 11 is 0.993. The molecule has 1 saturated heterocycles. The summed E-state index contributed by atoms with van der Waals surface area (Å²) in [6.45, 7) is 2.50. The van der Waals surface area contributed by atoms with E-state index in [1.165, 1.54) is 4.31 Å². The van der Waals surface area contributed by atoms with Gasteiger partial charge in [0, 0.05) is 19.0 Å². The van der Waals surface area contributed by atoms with Crippen molar-refractivity contribution in [1.29, 1.82) is 0 Å². The molecule has 1 amide bonds. The third-order valence-electron chi connectivity index (χ3n) is 5.30. The van der Waals surface area contributed by atoms with Gasteiger partial charge in [-0.15, -0.1) is 0 Å². The van der Waals surface area contributed by atoms with Gasteiger partial charge in [0.25, 0.3) is 0 Å². The lowest BCUT2D eigenvalue weighted by Gasteiger charge is -2.30. The minimum absolute atomic E-state index is 0.123. The fourth-order valence-corrected chi connectivity index (χ4v) is 5.86. The summed E-state index contributed by atoms with van der Waals surface area (Å²) in [4.78, 5) is 12.9. The molecular formula is C20H22N4O4S2.